The minimum absolute atomic E-state index is 0.766. The van der Waals surface area contributed by atoms with Crippen LogP contribution in [0.2, 0.25) is 0 Å². The summed E-state index contributed by atoms with van der Waals surface area (Å²) in [5.74, 6) is 0. The second kappa shape index (κ2) is 5.97. The van der Waals surface area contributed by atoms with Crippen LogP contribution in [0.4, 0.5) is 0 Å². The Hall–Kier alpha value is -1.57. The number of nitrogens with zero attached hydrogens (tertiary/aromatic N) is 1. The summed E-state index contributed by atoms with van der Waals surface area (Å²) in [6.45, 7) is 1.82. The predicted octanol–water partition coefficient (Wildman–Crippen LogP) is 3.33. The molecule has 0 aliphatic heterocycles. The fourth-order valence-corrected chi connectivity index (χ4v) is 1.13. The molecule has 2 heteroatoms. The van der Waals surface area contributed by atoms with E-state index >= 15 is 0 Å². The molecule has 0 unspecified atom stereocenters. The first-order valence-corrected chi connectivity index (χ1v) is 4.72. The number of hydrogen-bond donors (Lipinski definition) is 1. The van der Waals surface area contributed by atoms with Gasteiger partial charge in [-0.3, -0.25) is 0 Å². The molecule has 1 aromatic carbocycles. The van der Waals surface area contributed by atoms with E-state index < -0.39 is 0 Å². The molecule has 14 heavy (non-hydrogen) atoms. The van der Waals surface area contributed by atoms with Gasteiger partial charge in [-0.1, -0.05) is 47.6 Å². The summed E-state index contributed by atoms with van der Waals surface area (Å²) in [6.07, 6.45) is 5.87. The Morgan fingerprint density at radius 2 is 2.07 bits per heavy atom. The van der Waals surface area contributed by atoms with Gasteiger partial charge in [0.1, 0.15) is 0 Å². The van der Waals surface area contributed by atoms with E-state index in [9.17, 15) is 0 Å². The van der Waals surface area contributed by atoms with E-state index in [-0.39, 0.29) is 0 Å². The summed E-state index contributed by atoms with van der Waals surface area (Å²) in [5.41, 5.74) is 1.97. The maximum Gasteiger partial charge on any atom is 0.0543 e. The van der Waals surface area contributed by atoms with Crippen LogP contribution in [-0.2, 0) is 0 Å². The first-order chi connectivity index (χ1) is 6.83. The molecule has 0 aromatic heterocycles. The minimum Gasteiger partial charge on any atom is -0.411 e. The van der Waals surface area contributed by atoms with E-state index in [1.54, 1.807) is 0 Å². The van der Waals surface area contributed by atoms with Crippen LogP contribution in [0.25, 0.3) is 6.08 Å². The van der Waals surface area contributed by atoms with Crippen molar-refractivity contribution in [2.45, 2.75) is 19.8 Å². The van der Waals surface area contributed by atoms with E-state index in [1.165, 1.54) is 5.56 Å². The number of allylic oxidation sites excluding steroid dienone is 1. The first-order valence-electron chi connectivity index (χ1n) is 4.72. The van der Waals surface area contributed by atoms with Crippen LogP contribution in [0, 0.1) is 0 Å². The number of benzene rings is 1. The summed E-state index contributed by atoms with van der Waals surface area (Å²) in [7, 11) is 0. The molecule has 0 radical (unpaired) electrons. The minimum atomic E-state index is 0.766. The predicted molar refractivity (Wildman–Crippen MR) is 59.6 cm³/mol. The monoisotopic (exact) mass is 189 g/mol. The highest BCUT2D eigenvalue weighted by atomic mass is 16.4. The van der Waals surface area contributed by atoms with Crippen molar-refractivity contribution >= 4 is 11.8 Å². The molecule has 74 valence electrons. The van der Waals surface area contributed by atoms with Crippen LogP contribution < -0.4 is 0 Å². The van der Waals surface area contributed by atoms with E-state index in [4.69, 9.17) is 5.21 Å². The van der Waals surface area contributed by atoms with Crippen molar-refractivity contribution in [2.75, 3.05) is 0 Å². The first kappa shape index (κ1) is 10.5. The molecule has 1 rings (SSSR count). The number of rotatable bonds is 4. The van der Waals surface area contributed by atoms with Crippen LogP contribution in [0.3, 0.4) is 0 Å². The molecule has 0 saturated carbocycles. The molecule has 0 spiro atoms. The molecule has 0 fully saturated rings. The van der Waals surface area contributed by atoms with Gasteiger partial charge < -0.3 is 5.21 Å². The van der Waals surface area contributed by atoms with Gasteiger partial charge in [-0.2, -0.15) is 0 Å². The summed E-state index contributed by atoms with van der Waals surface area (Å²) >= 11 is 0. The summed E-state index contributed by atoms with van der Waals surface area (Å²) in [5, 5.41) is 11.5. The van der Waals surface area contributed by atoms with Gasteiger partial charge >= 0.3 is 0 Å². The Morgan fingerprint density at radius 3 is 2.71 bits per heavy atom. The van der Waals surface area contributed by atoms with Gasteiger partial charge in [0.2, 0.25) is 0 Å². The Balaban J connectivity index is 2.35. The van der Waals surface area contributed by atoms with Gasteiger partial charge in [-0.05, 0) is 25.3 Å². The normalized spacial score (nSPS) is 12.2. The van der Waals surface area contributed by atoms with Crippen LogP contribution in [0.15, 0.2) is 41.6 Å². The highest BCUT2D eigenvalue weighted by Crippen LogP contribution is 2.03. The molecule has 0 atom stereocenters. The lowest BCUT2D eigenvalue weighted by atomic mass is 10.1. The third-order valence-corrected chi connectivity index (χ3v) is 1.95. The third kappa shape index (κ3) is 3.90. The van der Waals surface area contributed by atoms with Crippen molar-refractivity contribution in [3.8, 4) is 0 Å². The van der Waals surface area contributed by atoms with Crippen molar-refractivity contribution in [3.63, 3.8) is 0 Å². The number of hydrogen-bond acceptors (Lipinski definition) is 2. The Labute approximate surface area is 84.6 Å². The van der Waals surface area contributed by atoms with Gasteiger partial charge in [0.25, 0.3) is 0 Å². The van der Waals surface area contributed by atoms with Crippen molar-refractivity contribution in [3.05, 3.63) is 42.0 Å². The van der Waals surface area contributed by atoms with Crippen molar-refractivity contribution in [1.29, 1.82) is 0 Å². The van der Waals surface area contributed by atoms with E-state index in [1.807, 2.05) is 25.1 Å². The standard InChI is InChI=1S/C12H15NO/c1-11(13-14)7-5-6-10-12-8-3-2-4-9-12/h2-4,6,8-10,14H,5,7H2,1H3. The molecule has 0 bridgehead atoms. The lowest BCUT2D eigenvalue weighted by molar-refractivity contribution is 0.317. The maximum absolute atomic E-state index is 8.42. The van der Waals surface area contributed by atoms with Crippen molar-refractivity contribution in [2.24, 2.45) is 5.16 Å². The molecular formula is C12H15NO. The maximum atomic E-state index is 8.42. The zero-order valence-corrected chi connectivity index (χ0v) is 8.35. The van der Waals surface area contributed by atoms with Gasteiger partial charge in [-0.15, -0.1) is 0 Å². The zero-order valence-electron chi connectivity index (χ0n) is 8.35. The number of oxime groups is 1. The van der Waals surface area contributed by atoms with Crippen LogP contribution in [0.1, 0.15) is 25.3 Å². The molecule has 1 N–H and O–H groups in total. The van der Waals surface area contributed by atoms with Crippen LogP contribution in [0.5, 0.6) is 0 Å². The quantitative estimate of drug-likeness (QED) is 0.440. The summed E-state index contributed by atoms with van der Waals surface area (Å²) < 4.78 is 0. The molecule has 0 aliphatic carbocycles. The second-order valence-corrected chi connectivity index (χ2v) is 3.19. The lowest BCUT2D eigenvalue weighted by Gasteiger charge is -1.93. The largest absolute Gasteiger partial charge is 0.411 e. The Kier molecular flexibility index (Phi) is 4.48. The summed E-state index contributed by atoms with van der Waals surface area (Å²) in [4.78, 5) is 0. The van der Waals surface area contributed by atoms with Crippen LogP contribution in [-0.4, -0.2) is 10.9 Å². The molecule has 0 amide bonds. The fraction of sp³-hybridized carbons (Fsp3) is 0.250. The average Bonchev–Trinajstić information content (AvgIpc) is 2.25. The van der Waals surface area contributed by atoms with E-state index in [0.29, 0.717) is 0 Å². The Bertz CT molecular complexity index is 314. The van der Waals surface area contributed by atoms with E-state index in [2.05, 4.69) is 29.4 Å². The average molecular weight is 189 g/mol. The van der Waals surface area contributed by atoms with Gasteiger partial charge in [0.05, 0.1) is 5.71 Å². The highest BCUT2D eigenvalue weighted by Gasteiger charge is 1.88. The van der Waals surface area contributed by atoms with E-state index in [0.717, 1.165) is 18.6 Å². The van der Waals surface area contributed by atoms with Crippen LogP contribution >= 0.6 is 0 Å². The molecule has 0 aliphatic rings. The smallest absolute Gasteiger partial charge is 0.0543 e. The third-order valence-electron chi connectivity index (χ3n) is 1.95. The molecule has 1 aromatic rings. The van der Waals surface area contributed by atoms with Gasteiger partial charge in [-0.25, -0.2) is 0 Å². The molecule has 2 nitrogen and oxygen atoms in total. The fourth-order valence-electron chi connectivity index (χ4n) is 1.13. The molecule has 0 heterocycles. The topological polar surface area (TPSA) is 32.6 Å². The zero-order chi connectivity index (χ0) is 10.2. The molecular weight excluding hydrogens is 174 g/mol. The van der Waals surface area contributed by atoms with Crippen molar-refractivity contribution < 1.29 is 5.21 Å². The second-order valence-electron chi connectivity index (χ2n) is 3.19. The highest BCUT2D eigenvalue weighted by molar-refractivity contribution is 5.81. The lowest BCUT2D eigenvalue weighted by Crippen LogP contribution is -1.88. The Morgan fingerprint density at radius 1 is 1.36 bits per heavy atom. The molecule has 0 saturated heterocycles. The van der Waals surface area contributed by atoms with Gasteiger partial charge in [0, 0.05) is 0 Å². The van der Waals surface area contributed by atoms with Crippen molar-refractivity contribution in [1.82, 2.24) is 0 Å². The van der Waals surface area contributed by atoms with Gasteiger partial charge in [0.15, 0.2) is 0 Å². The summed E-state index contributed by atoms with van der Waals surface area (Å²) in [6, 6.07) is 10.1. The SMILES string of the molecule is CC(CCC=Cc1ccccc1)=NO.